The van der Waals surface area contributed by atoms with Gasteiger partial charge in [0.15, 0.2) is 0 Å². The van der Waals surface area contributed by atoms with Crippen LogP contribution in [0.1, 0.15) is 6.42 Å². The predicted molar refractivity (Wildman–Crippen MR) is 104 cm³/mol. The fraction of sp³-hybridized carbons (Fsp3) is 0.316. The standard InChI is InChI=1S/C19H22N2O5S/c22-19(15-25-12-13-26-18-5-2-1-3-6-18)20-16-7-9-17(10-8-16)21-11-4-14-27(21,23)24/h1-3,5-10H,4,11-15H2,(H,20,22). The molecule has 27 heavy (non-hydrogen) atoms. The second kappa shape index (κ2) is 8.88. The van der Waals surface area contributed by atoms with Crippen molar-refractivity contribution >= 4 is 27.3 Å². The molecule has 1 saturated heterocycles. The highest BCUT2D eigenvalue weighted by molar-refractivity contribution is 7.93. The Morgan fingerprint density at radius 2 is 1.78 bits per heavy atom. The maximum absolute atomic E-state index is 11.9. The molecule has 1 N–H and O–H groups in total. The van der Waals surface area contributed by atoms with Gasteiger partial charge in [-0.3, -0.25) is 9.10 Å². The number of hydrogen-bond acceptors (Lipinski definition) is 5. The molecule has 0 spiro atoms. The van der Waals surface area contributed by atoms with Gasteiger partial charge in [0.1, 0.15) is 19.0 Å². The van der Waals surface area contributed by atoms with Crippen molar-refractivity contribution in [3.63, 3.8) is 0 Å². The SMILES string of the molecule is O=C(COCCOc1ccccc1)Nc1ccc(N2CCCS2(=O)=O)cc1. The molecule has 1 amide bonds. The summed E-state index contributed by atoms with van der Waals surface area (Å²) < 4.78 is 36.0. The van der Waals surface area contributed by atoms with Gasteiger partial charge in [0.25, 0.3) is 0 Å². The number of anilines is 2. The molecular formula is C19H22N2O5S. The molecule has 2 aromatic carbocycles. The predicted octanol–water partition coefficient (Wildman–Crippen LogP) is 2.26. The van der Waals surface area contributed by atoms with Crippen LogP contribution in [0.4, 0.5) is 11.4 Å². The van der Waals surface area contributed by atoms with Crippen molar-refractivity contribution in [2.75, 3.05) is 41.7 Å². The van der Waals surface area contributed by atoms with Crippen molar-refractivity contribution in [3.8, 4) is 5.75 Å². The molecule has 2 aromatic rings. The van der Waals surface area contributed by atoms with Crippen LogP contribution < -0.4 is 14.4 Å². The zero-order valence-corrected chi connectivity index (χ0v) is 15.7. The number of nitrogens with zero attached hydrogens (tertiary/aromatic N) is 1. The molecule has 0 aromatic heterocycles. The lowest BCUT2D eigenvalue weighted by atomic mass is 10.2. The minimum atomic E-state index is -3.20. The average molecular weight is 390 g/mol. The number of amides is 1. The summed E-state index contributed by atoms with van der Waals surface area (Å²) in [5, 5.41) is 2.72. The Kier molecular flexibility index (Phi) is 6.31. The van der Waals surface area contributed by atoms with E-state index in [0.717, 1.165) is 5.75 Å². The van der Waals surface area contributed by atoms with Crippen LogP contribution in [-0.2, 0) is 19.6 Å². The van der Waals surface area contributed by atoms with Gasteiger partial charge in [-0.2, -0.15) is 0 Å². The molecule has 3 rings (SSSR count). The molecule has 0 atom stereocenters. The molecule has 7 nitrogen and oxygen atoms in total. The summed E-state index contributed by atoms with van der Waals surface area (Å²) in [7, 11) is -3.20. The van der Waals surface area contributed by atoms with E-state index in [2.05, 4.69) is 5.32 Å². The minimum absolute atomic E-state index is 0.0829. The van der Waals surface area contributed by atoms with E-state index >= 15 is 0 Å². The largest absolute Gasteiger partial charge is 0.491 e. The fourth-order valence-electron chi connectivity index (χ4n) is 2.74. The lowest BCUT2D eigenvalue weighted by Crippen LogP contribution is -2.25. The number of sulfonamides is 1. The highest BCUT2D eigenvalue weighted by Gasteiger charge is 2.28. The average Bonchev–Trinajstić information content (AvgIpc) is 3.02. The van der Waals surface area contributed by atoms with Gasteiger partial charge in [-0.05, 0) is 42.8 Å². The van der Waals surface area contributed by atoms with Crippen molar-refractivity contribution in [3.05, 3.63) is 54.6 Å². The first-order chi connectivity index (χ1) is 13.0. The van der Waals surface area contributed by atoms with Crippen LogP contribution in [0, 0.1) is 0 Å². The van der Waals surface area contributed by atoms with Crippen molar-refractivity contribution in [1.82, 2.24) is 0 Å². The first-order valence-electron chi connectivity index (χ1n) is 8.70. The Morgan fingerprint density at radius 1 is 1.04 bits per heavy atom. The van der Waals surface area contributed by atoms with E-state index in [1.165, 1.54) is 4.31 Å². The van der Waals surface area contributed by atoms with Crippen LogP contribution in [0.25, 0.3) is 0 Å². The van der Waals surface area contributed by atoms with Gasteiger partial charge in [-0.25, -0.2) is 8.42 Å². The lowest BCUT2D eigenvalue weighted by Gasteiger charge is -2.17. The molecule has 0 bridgehead atoms. The van der Waals surface area contributed by atoms with Gasteiger partial charge in [0, 0.05) is 12.2 Å². The van der Waals surface area contributed by atoms with Crippen LogP contribution in [0.3, 0.4) is 0 Å². The Hall–Kier alpha value is -2.58. The second-order valence-corrected chi connectivity index (χ2v) is 8.06. The Morgan fingerprint density at radius 3 is 2.44 bits per heavy atom. The van der Waals surface area contributed by atoms with E-state index < -0.39 is 10.0 Å². The molecule has 1 aliphatic heterocycles. The minimum Gasteiger partial charge on any atom is -0.491 e. The molecule has 0 saturated carbocycles. The monoisotopic (exact) mass is 390 g/mol. The molecule has 0 radical (unpaired) electrons. The number of carbonyl (C=O) groups is 1. The zero-order valence-electron chi connectivity index (χ0n) is 14.8. The number of rotatable bonds is 8. The third-order valence-electron chi connectivity index (χ3n) is 4.01. The highest BCUT2D eigenvalue weighted by atomic mass is 32.2. The van der Waals surface area contributed by atoms with E-state index in [1.807, 2.05) is 30.3 Å². The maximum atomic E-state index is 11.9. The van der Waals surface area contributed by atoms with E-state index in [-0.39, 0.29) is 18.3 Å². The summed E-state index contributed by atoms with van der Waals surface area (Å²) in [4.78, 5) is 11.9. The van der Waals surface area contributed by atoms with E-state index in [9.17, 15) is 13.2 Å². The topological polar surface area (TPSA) is 84.9 Å². The van der Waals surface area contributed by atoms with Crippen molar-refractivity contribution in [2.45, 2.75) is 6.42 Å². The van der Waals surface area contributed by atoms with Crippen LogP contribution in [0.2, 0.25) is 0 Å². The number of hydrogen-bond donors (Lipinski definition) is 1. The summed E-state index contributed by atoms with van der Waals surface area (Å²) in [6.45, 7) is 1.07. The Balaban J connectivity index is 1.39. The zero-order chi connectivity index (χ0) is 19.1. The number of para-hydroxylation sites is 1. The number of ether oxygens (including phenoxy) is 2. The van der Waals surface area contributed by atoms with Gasteiger partial charge in [0.05, 0.1) is 18.0 Å². The fourth-order valence-corrected chi connectivity index (χ4v) is 4.30. The summed E-state index contributed by atoms with van der Waals surface area (Å²) in [6, 6.07) is 16.1. The Labute approximate surface area is 158 Å². The Bertz CT molecular complexity index is 853. The number of nitrogens with one attached hydrogen (secondary N) is 1. The van der Waals surface area contributed by atoms with Gasteiger partial charge in [-0.1, -0.05) is 18.2 Å². The van der Waals surface area contributed by atoms with Crippen molar-refractivity contribution in [2.24, 2.45) is 0 Å². The molecule has 0 unspecified atom stereocenters. The van der Waals surface area contributed by atoms with Crippen LogP contribution in [0.15, 0.2) is 54.6 Å². The van der Waals surface area contributed by atoms with Crippen molar-refractivity contribution < 1.29 is 22.7 Å². The number of carbonyl (C=O) groups excluding carboxylic acids is 1. The molecule has 144 valence electrons. The third kappa shape index (κ3) is 5.45. The van der Waals surface area contributed by atoms with Crippen LogP contribution in [-0.4, -0.2) is 46.4 Å². The van der Waals surface area contributed by atoms with E-state index in [4.69, 9.17) is 9.47 Å². The summed E-state index contributed by atoms with van der Waals surface area (Å²) in [5.74, 6) is 0.651. The molecule has 8 heteroatoms. The van der Waals surface area contributed by atoms with E-state index in [0.29, 0.717) is 37.6 Å². The number of benzene rings is 2. The summed E-state index contributed by atoms with van der Waals surface area (Å²) in [6.07, 6.45) is 0.631. The van der Waals surface area contributed by atoms with Gasteiger partial charge in [0.2, 0.25) is 15.9 Å². The molecule has 1 aliphatic rings. The normalized spacial score (nSPS) is 15.5. The second-order valence-electron chi connectivity index (χ2n) is 6.05. The van der Waals surface area contributed by atoms with Gasteiger partial charge < -0.3 is 14.8 Å². The van der Waals surface area contributed by atoms with Crippen LogP contribution >= 0.6 is 0 Å². The maximum Gasteiger partial charge on any atom is 0.250 e. The van der Waals surface area contributed by atoms with Gasteiger partial charge in [-0.15, -0.1) is 0 Å². The van der Waals surface area contributed by atoms with Gasteiger partial charge >= 0.3 is 0 Å². The van der Waals surface area contributed by atoms with Crippen LogP contribution in [0.5, 0.6) is 5.75 Å². The smallest absolute Gasteiger partial charge is 0.250 e. The summed E-state index contributed by atoms with van der Waals surface area (Å²) >= 11 is 0. The first kappa shape index (κ1) is 19.2. The third-order valence-corrected chi connectivity index (χ3v) is 5.88. The molecule has 1 heterocycles. The lowest BCUT2D eigenvalue weighted by molar-refractivity contribution is -0.120. The molecule has 1 fully saturated rings. The molecular weight excluding hydrogens is 368 g/mol. The van der Waals surface area contributed by atoms with Crippen molar-refractivity contribution in [1.29, 1.82) is 0 Å². The van der Waals surface area contributed by atoms with E-state index in [1.54, 1.807) is 24.3 Å². The quantitative estimate of drug-likeness (QED) is 0.699. The summed E-state index contributed by atoms with van der Waals surface area (Å²) in [5.41, 5.74) is 1.20. The first-order valence-corrected chi connectivity index (χ1v) is 10.3. The highest BCUT2D eigenvalue weighted by Crippen LogP contribution is 2.25. The molecule has 0 aliphatic carbocycles.